The molecule has 0 aromatic carbocycles. The Hall–Kier alpha value is -1.78. The van der Waals surface area contributed by atoms with E-state index in [-0.39, 0.29) is 0 Å². The van der Waals surface area contributed by atoms with Crippen LogP contribution in [0.5, 0.6) is 0 Å². The molecule has 0 bridgehead atoms. The second kappa shape index (κ2) is 2.35. The first-order chi connectivity index (χ1) is 6.13. The van der Waals surface area contributed by atoms with Gasteiger partial charge in [0.15, 0.2) is 5.82 Å². The molecule has 2 aromatic heterocycles. The van der Waals surface area contributed by atoms with Crippen LogP contribution in [0.1, 0.15) is 0 Å². The first-order valence-corrected chi connectivity index (χ1v) is 3.93. The van der Waals surface area contributed by atoms with Gasteiger partial charge in [0.1, 0.15) is 0 Å². The van der Waals surface area contributed by atoms with Gasteiger partial charge in [0.25, 0.3) is 0 Å². The van der Waals surface area contributed by atoms with E-state index in [1.54, 1.807) is 17.0 Å². The Kier molecular flexibility index (Phi) is 1.42. The number of hydrogen-bond donors (Lipinski definition) is 2. The summed E-state index contributed by atoms with van der Waals surface area (Å²) in [4.78, 5) is 0. The van der Waals surface area contributed by atoms with Gasteiger partial charge in [-0.05, 0) is 6.07 Å². The largest absolute Gasteiger partial charge is 0.446 e. The zero-order valence-corrected chi connectivity index (χ0v) is 7.61. The fraction of sp³-hybridized carbons (Fsp3) is 0.250. The molecule has 5 heteroatoms. The Morgan fingerprint density at radius 2 is 2.08 bits per heavy atom. The van der Waals surface area contributed by atoms with Crippen LogP contribution in [0.4, 0.5) is 11.5 Å². The van der Waals surface area contributed by atoms with E-state index in [0.717, 1.165) is 5.39 Å². The van der Waals surface area contributed by atoms with Gasteiger partial charge < -0.3 is 20.9 Å². The lowest BCUT2D eigenvalue weighted by Gasteiger charge is -2.15. The third-order valence-electron chi connectivity index (χ3n) is 2.03. The molecular formula is C8H12N4O. The third-order valence-corrected chi connectivity index (χ3v) is 2.03. The van der Waals surface area contributed by atoms with Gasteiger partial charge in [-0.2, -0.15) is 0 Å². The standard InChI is InChI=1S/C8H12N4O/c1-11(2)12-7(10)6(9)5-3-4-13-8(5)12/h3-4H,9-10H2,1-2H3. The monoisotopic (exact) mass is 180 g/mol. The maximum atomic E-state index is 5.80. The van der Waals surface area contributed by atoms with Crippen molar-refractivity contribution in [2.75, 3.05) is 30.6 Å². The highest BCUT2D eigenvalue weighted by Gasteiger charge is 2.15. The Morgan fingerprint density at radius 1 is 1.38 bits per heavy atom. The molecule has 0 atom stereocenters. The Bertz CT molecular complexity index is 440. The highest BCUT2D eigenvalue weighted by molar-refractivity contribution is 5.96. The molecule has 0 saturated heterocycles. The van der Waals surface area contributed by atoms with Gasteiger partial charge in [-0.25, -0.2) is 4.68 Å². The number of hydrogen-bond acceptors (Lipinski definition) is 4. The third kappa shape index (κ3) is 0.867. The summed E-state index contributed by atoms with van der Waals surface area (Å²) in [5, 5.41) is 2.67. The van der Waals surface area contributed by atoms with Crippen LogP contribution in [-0.4, -0.2) is 18.8 Å². The van der Waals surface area contributed by atoms with Crippen LogP contribution < -0.4 is 16.5 Å². The maximum Gasteiger partial charge on any atom is 0.229 e. The summed E-state index contributed by atoms with van der Waals surface area (Å²) in [6, 6.07) is 1.81. The van der Waals surface area contributed by atoms with Crippen molar-refractivity contribution in [3.05, 3.63) is 12.3 Å². The number of nitrogens with two attached hydrogens (primary N) is 2. The van der Waals surface area contributed by atoms with Crippen LogP contribution in [0, 0.1) is 0 Å². The molecule has 5 nitrogen and oxygen atoms in total. The lowest BCUT2D eigenvalue weighted by molar-refractivity contribution is 0.570. The smallest absolute Gasteiger partial charge is 0.229 e. The molecule has 0 spiro atoms. The average molecular weight is 180 g/mol. The molecular weight excluding hydrogens is 168 g/mol. The van der Waals surface area contributed by atoms with Crippen LogP contribution in [0.2, 0.25) is 0 Å². The van der Waals surface area contributed by atoms with Crippen molar-refractivity contribution in [1.29, 1.82) is 0 Å². The van der Waals surface area contributed by atoms with E-state index in [1.807, 2.05) is 19.1 Å². The molecule has 0 aliphatic carbocycles. The minimum atomic E-state index is 0.513. The molecule has 0 aliphatic rings. The number of aromatic nitrogens is 1. The molecule has 0 fully saturated rings. The van der Waals surface area contributed by atoms with Gasteiger partial charge >= 0.3 is 0 Å². The summed E-state index contributed by atoms with van der Waals surface area (Å²) in [5.74, 6) is 0.513. The van der Waals surface area contributed by atoms with Crippen LogP contribution in [0.3, 0.4) is 0 Å². The molecule has 4 N–H and O–H groups in total. The van der Waals surface area contributed by atoms with E-state index in [0.29, 0.717) is 17.2 Å². The predicted molar refractivity (Wildman–Crippen MR) is 53.1 cm³/mol. The summed E-state index contributed by atoms with van der Waals surface area (Å²) >= 11 is 0. The Balaban J connectivity index is 2.84. The van der Waals surface area contributed by atoms with E-state index < -0.39 is 0 Å². The summed E-state index contributed by atoms with van der Waals surface area (Å²) in [7, 11) is 3.75. The van der Waals surface area contributed by atoms with Crippen molar-refractivity contribution >= 4 is 22.6 Å². The highest BCUT2D eigenvalue weighted by atomic mass is 16.3. The van der Waals surface area contributed by atoms with E-state index >= 15 is 0 Å². The fourth-order valence-corrected chi connectivity index (χ4v) is 1.43. The second-order valence-electron chi connectivity index (χ2n) is 3.10. The lowest BCUT2D eigenvalue weighted by atomic mass is 10.3. The minimum absolute atomic E-state index is 0.513. The molecule has 0 aliphatic heterocycles. The summed E-state index contributed by atoms with van der Waals surface area (Å²) in [5.41, 5.74) is 12.8. The van der Waals surface area contributed by atoms with Crippen molar-refractivity contribution in [2.45, 2.75) is 0 Å². The molecule has 2 aromatic rings. The van der Waals surface area contributed by atoms with E-state index in [1.165, 1.54) is 0 Å². The average Bonchev–Trinajstić information content (AvgIpc) is 2.57. The van der Waals surface area contributed by atoms with Crippen molar-refractivity contribution in [1.82, 2.24) is 4.68 Å². The molecule has 0 saturated carbocycles. The van der Waals surface area contributed by atoms with Gasteiger partial charge in [-0.1, -0.05) is 0 Å². The summed E-state index contributed by atoms with van der Waals surface area (Å²) < 4.78 is 7.00. The van der Waals surface area contributed by atoms with Crippen LogP contribution in [-0.2, 0) is 0 Å². The van der Waals surface area contributed by atoms with Gasteiger partial charge in [0.05, 0.1) is 17.3 Å². The molecule has 13 heavy (non-hydrogen) atoms. The van der Waals surface area contributed by atoms with Crippen molar-refractivity contribution in [2.24, 2.45) is 0 Å². The van der Waals surface area contributed by atoms with Crippen LogP contribution in [0.25, 0.3) is 11.1 Å². The SMILES string of the molecule is CN(C)n1c(N)c(N)c2ccoc21. The Labute approximate surface area is 75.5 Å². The summed E-state index contributed by atoms with van der Waals surface area (Å²) in [6.45, 7) is 0. The number of anilines is 2. The lowest BCUT2D eigenvalue weighted by Crippen LogP contribution is -2.25. The van der Waals surface area contributed by atoms with Crippen molar-refractivity contribution in [3.8, 4) is 0 Å². The highest BCUT2D eigenvalue weighted by Crippen LogP contribution is 2.30. The number of rotatable bonds is 1. The zero-order valence-electron chi connectivity index (χ0n) is 7.61. The van der Waals surface area contributed by atoms with Crippen molar-refractivity contribution < 1.29 is 4.42 Å². The maximum absolute atomic E-state index is 5.80. The molecule has 2 heterocycles. The van der Waals surface area contributed by atoms with E-state index in [2.05, 4.69) is 0 Å². The molecule has 70 valence electrons. The van der Waals surface area contributed by atoms with E-state index in [9.17, 15) is 0 Å². The van der Waals surface area contributed by atoms with Gasteiger partial charge in [0, 0.05) is 14.1 Å². The number of furan rings is 1. The number of nitrogens with zero attached hydrogens (tertiary/aromatic N) is 2. The fourth-order valence-electron chi connectivity index (χ4n) is 1.43. The van der Waals surface area contributed by atoms with Crippen molar-refractivity contribution in [3.63, 3.8) is 0 Å². The first-order valence-electron chi connectivity index (χ1n) is 3.93. The summed E-state index contributed by atoms with van der Waals surface area (Å²) in [6.07, 6.45) is 1.60. The molecule has 0 unspecified atom stereocenters. The number of fused-ring (bicyclic) bond motifs is 1. The molecule has 0 radical (unpaired) electrons. The van der Waals surface area contributed by atoms with Crippen LogP contribution >= 0.6 is 0 Å². The van der Waals surface area contributed by atoms with Gasteiger partial charge in [0.2, 0.25) is 5.71 Å². The predicted octanol–water partition coefficient (Wildman–Crippen LogP) is 0.596. The van der Waals surface area contributed by atoms with Gasteiger partial charge in [-0.3, -0.25) is 0 Å². The zero-order chi connectivity index (χ0) is 9.59. The van der Waals surface area contributed by atoms with Crippen LogP contribution in [0.15, 0.2) is 16.7 Å². The quantitative estimate of drug-likeness (QED) is 0.673. The topological polar surface area (TPSA) is 73.3 Å². The molecule has 0 amide bonds. The Morgan fingerprint density at radius 3 is 2.69 bits per heavy atom. The van der Waals surface area contributed by atoms with E-state index in [4.69, 9.17) is 15.9 Å². The minimum Gasteiger partial charge on any atom is -0.446 e. The normalized spacial score (nSPS) is 10.9. The van der Waals surface area contributed by atoms with Gasteiger partial charge in [-0.15, -0.1) is 0 Å². The second-order valence-corrected chi connectivity index (χ2v) is 3.10. The first kappa shape index (κ1) is 7.85. The number of nitrogen functional groups attached to an aromatic ring is 2. The molecule has 2 rings (SSSR count).